The SMILES string of the molecule is Nc1ncncc1C(S)COC=O. The number of hydrogen-bond acceptors (Lipinski definition) is 6. The number of hydrogen-bond donors (Lipinski definition) is 2. The molecular formula is C7H9N3O2S. The molecule has 70 valence electrons. The Bertz CT molecular complexity index is 295. The van der Waals surface area contributed by atoms with Crippen LogP contribution in [0.15, 0.2) is 12.5 Å². The summed E-state index contributed by atoms with van der Waals surface area (Å²) in [6.45, 7) is 0.521. The molecule has 0 spiro atoms. The highest BCUT2D eigenvalue weighted by Gasteiger charge is 2.10. The molecule has 1 aromatic heterocycles. The summed E-state index contributed by atoms with van der Waals surface area (Å²) < 4.78 is 4.54. The van der Waals surface area contributed by atoms with Crippen LogP contribution in [-0.4, -0.2) is 23.0 Å². The van der Waals surface area contributed by atoms with E-state index in [0.717, 1.165) is 0 Å². The van der Waals surface area contributed by atoms with Crippen LogP contribution < -0.4 is 5.73 Å². The molecular weight excluding hydrogens is 190 g/mol. The van der Waals surface area contributed by atoms with E-state index in [9.17, 15) is 4.79 Å². The Morgan fingerprint density at radius 1 is 1.77 bits per heavy atom. The predicted octanol–water partition coefficient (Wildman–Crippen LogP) is 0.203. The van der Waals surface area contributed by atoms with Gasteiger partial charge >= 0.3 is 0 Å². The standard InChI is InChI=1S/C7H9N3O2S/c8-7-5(1-9-3-10-7)6(13)2-12-4-11/h1,3-4,6,13H,2H2,(H2,8,9,10). The molecule has 5 nitrogen and oxygen atoms in total. The van der Waals surface area contributed by atoms with Crippen molar-refractivity contribution in [2.45, 2.75) is 5.25 Å². The van der Waals surface area contributed by atoms with E-state index in [1.165, 1.54) is 6.33 Å². The lowest BCUT2D eigenvalue weighted by Gasteiger charge is -2.09. The summed E-state index contributed by atoms with van der Waals surface area (Å²) in [4.78, 5) is 17.5. The van der Waals surface area contributed by atoms with Crippen molar-refractivity contribution in [2.75, 3.05) is 12.3 Å². The Kier molecular flexibility index (Phi) is 3.51. The molecule has 0 fully saturated rings. The number of ether oxygens (including phenoxy) is 1. The summed E-state index contributed by atoms with van der Waals surface area (Å²) >= 11 is 4.18. The first-order valence-electron chi connectivity index (χ1n) is 3.54. The van der Waals surface area contributed by atoms with E-state index >= 15 is 0 Å². The van der Waals surface area contributed by atoms with E-state index in [1.807, 2.05) is 0 Å². The number of nitrogen functional groups attached to an aromatic ring is 1. The third-order valence-electron chi connectivity index (χ3n) is 1.45. The second kappa shape index (κ2) is 4.66. The van der Waals surface area contributed by atoms with Crippen molar-refractivity contribution in [3.8, 4) is 0 Å². The number of rotatable bonds is 4. The zero-order chi connectivity index (χ0) is 9.68. The first-order valence-corrected chi connectivity index (χ1v) is 4.06. The molecule has 0 aliphatic rings. The largest absolute Gasteiger partial charge is 0.466 e. The zero-order valence-electron chi connectivity index (χ0n) is 6.75. The maximum Gasteiger partial charge on any atom is 0.293 e. The number of aromatic nitrogens is 2. The molecule has 0 aromatic carbocycles. The van der Waals surface area contributed by atoms with Crippen LogP contribution in [0.4, 0.5) is 5.82 Å². The van der Waals surface area contributed by atoms with Gasteiger partial charge in [-0.2, -0.15) is 12.6 Å². The van der Waals surface area contributed by atoms with Gasteiger partial charge in [-0.05, 0) is 0 Å². The molecule has 1 unspecified atom stereocenters. The van der Waals surface area contributed by atoms with E-state index in [4.69, 9.17) is 5.73 Å². The van der Waals surface area contributed by atoms with E-state index in [1.54, 1.807) is 6.20 Å². The van der Waals surface area contributed by atoms with Gasteiger partial charge in [-0.1, -0.05) is 0 Å². The van der Waals surface area contributed by atoms with E-state index in [-0.39, 0.29) is 11.9 Å². The van der Waals surface area contributed by atoms with Crippen molar-refractivity contribution in [1.29, 1.82) is 0 Å². The van der Waals surface area contributed by atoms with Crippen molar-refractivity contribution in [3.05, 3.63) is 18.1 Å². The van der Waals surface area contributed by atoms with Gasteiger partial charge in [-0.15, -0.1) is 0 Å². The summed E-state index contributed by atoms with van der Waals surface area (Å²) in [6.07, 6.45) is 2.90. The van der Waals surface area contributed by atoms with Crippen LogP contribution in [0.1, 0.15) is 10.8 Å². The molecule has 1 rings (SSSR count). The molecule has 2 N–H and O–H groups in total. The molecule has 0 amide bonds. The maximum absolute atomic E-state index is 9.91. The quantitative estimate of drug-likeness (QED) is 0.535. The number of anilines is 1. The van der Waals surface area contributed by atoms with Gasteiger partial charge in [-0.3, -0.25) is 4.79 Å². The van der Waals surface area contributed by atoms with Crippen molar-refractivity contribution in [2.24, 2.45) is 0 Å². The van der Waals surface area contributed by atoms with Crippen LogP contribution in [0.2, 0.25) is 0 Å². The molecule has 1 atom stereocenters. The Balaban J connectivity index is 2.70. The molecule has 1 heterocycles. The topological polar surface area (TPSA) is 78.1 Å². The Morgan fingerprint density at radius 2 is 2.54 bits per heavy atom. The number of carbonyl (C=O) groups excluding carboxylic acids is 1. The van der Waals surface area contributed by atoms with Gasteiger partial charge in [0.15, 0.2) is 0 Å². The lowest BCUT2D eigenvalue weighted by atomic mass is 10.2. The lowest BCUT2D eigenvalue weighted by Crippen LogP contribution is -2.06. The monoisotopic (exact) mass is 199 g/mol. The maximum atomic E-state index is 9.91. The normalized spacial score (nSPS) is 12.1. The molecule has 0 radical (unpaired) electrons. The molecule has 0 bridgehead atoms. The van der Waals surface area contributed by atoms with Crippen LogP contribution in [0.3, 0.4) is 0 Å². The first-order chi connectivity index (χ1) is 6.25. The van der Waals surface area contributed by atoms with E-state index < -0.39 is 0 Å². The van der Waals surface area contributed by atoms with Crippen LogP contribution in [0, 0.1) is 0 Å². The van der Waals surface area contributed by atoms with Gasteiger partial charge in [0.1, 0.15) is 18.8 Å². The molecule has 0 saturated carbocycles. The first kappa shape index (κ1) is 9.79. The van der Waals surface area contributed by atoms with Gasteiger partial charge in [0, 0.05) is 11.8 Å². The van der Waals surface area contributed by atoms with Crippen molar-refractivity contribution in [1.82, 2.24) is 9.97 Å². The van der Waals surface area contributed by atoms with Crippen LogP contribution in [-0.2, 0) is 9.53 Å². The van der Waals surface area contributed by atoms with Crippen LogP contribution in [0.5, 0.6) is 0 Å². The van der Waals surface area contributed by atoms with E-state index in [0.29, 0.717) is 17.9 Å². The third kappa shape index (κ3) is 2.59. The summed E-state index contributed by atoms with van der Waals surface area (Å²) in [5, 5.41) is -0.286. The van der Waals surface area contributed by atoms with Crippen LogP contribution >= 0.6 is 12.6 Å². The predicted molar refractivity (Wildman–Crippen MR) is 50.2 cm³/mol. The van der Waals surface area contributed by atoms with Gasteiger partial charge in [0.25, 0.3) is 6.47 Å². The van der Waals surface area contributed by atoms with Gasteiger partial charge in [0.05, 0.1) is 5.25 Å². The van der Waals surface area contributed by atoms with Crippen molar-refractivity contribution < 1.29 is 9.53 Å². The minimum Gasteiger partial charge on any atom is -0.466 e. The number of nitrogens with zero attached hydrogens (tertiary/aromatic N) is 2. The number of thiol groups is 1. The second-order valence-corrected chi connectivity index (χ2v) is 2.93. The highest BCUT2D eigenvalue weighted by Crippen LogP contribution is 2.22. The van der Waals surface area contributed by atoms with E-state index in [2.05, 4.69) is 27.3 Å². The molecule has 6 heteroatoms. The Morgan fingerprint density at radius 3 is 3.15 bits per heavy atom. The van der Waals surface area contributed by atoms with Crippen molar-refractivity contribution >= 4 is 24.9 Å². The Labute approximate surface area is 80.7 Å². The summed E-state index contributed by atoms with van der Waals surface area (Å²) in [5.74, 6) is 0.351. The van der Waals surface area contributed by atoms with Gasteiger partial charge < -0.3 is 10.5 Å². The second-order valence-electron chi connectivity index (χ2n) is 2.31. The highest BCUT2D eigenvalue weighted by atomic mass is 32.1. The molecule has 0 aliphatic heterocycles. The highest BCUT2D eigenvalue weighted by molar-refractivity contribution is 7.80. The molecule has 0 saturated heterocycles. The fraction of sp³-hybridized carbons (Fsp3) is 0.286. The summed E-state index contributed by atoms with van der Waals surface area (Å²) in [7, 11) is 0. The lowest BCUT2D eigenvalue weighted by molar-refractivity contribution is -0.128. The van der Waals surface area contributed by atoms with Gasteiger partial charge in [-0.25, -0.2) is 9.97 Å². The average molecular weight is 199 g/mol. The van der Waals surface area contributed by atoms with Crippen LogP contribution in [0.25, 0.3) is 0 Å². The molecule has 0 aliphatic carbocycles. The minimum atomic E-state index is -0.286. The van der Waals surface area contributed by atoms with Crippen molar-refractivity contribution in [3.63, 3.8) is 0 Å². The number of nitrogens with two attached hydrogens (primary N) is 1. The Hall–Kier alpha value is -1.30. The molecule has 13 heavy (non-hydrogen) atoms. The number of carbonyl (C=O) groups is 1. The fourth-order valence-corrected chi connectivity index (χ4v) is 1.11. The fourth-order valence-electron chi connectivity index (χ4n) is 0.827. The summed E-state index contributed by atoms with van der Waals surface area (Å²) in [6, 6.07) is 0. The summed E-state index contributed by atoms with van der Waals surface area (Å²) in [5.41, 5.74) is 6.21. The third-order valence-corrected chi connectivity index (χ3v) is 1.88. The zero-order valence-corrected chi connectivity index (χ0v) is 7.65. The molecule has 1 aromatic rings. The minimum absolute atomic E-state index is 0.157. The smallest absolute Gasteiger partial charge is 0.293 e. The average Bonchev–Trinajstić information content (AvgIpc) is 2.15. The van der Waals surface area contributed by atoms with Gasteiger partial charge in [0.2, 0.25) is 0 Å².